The van der Waals surface area contributed by atoms with Gasteiger partial charge in [-0.25, -0.2) is 0 Å². The average molecular weight is 445 g/mol. The molecule has 2 unspecified atom stereocenters. The van der Waals surface area contributed by atoms with Gasteiger partial charge in [0.25, 0.3) is 5.66 Å². The van der Waals surface area contributed by atoms with Gasteiger partial charge in [-0.15, -0.1) is 0 Å². The number of rotatable bonds is 10. The molecule has 7 nitrogen and oxygen atoms in total. The van der Waals surface area contributed by atoms with E-state index in [-0.39, 0.29) is 18.0 Å². The summed E-state index contributed by atoms with van der Waals surface area (Å²) in [6.07, 6.45) is 5.66. The largest absolute Gasteiger partial charge is 0.404 e. The van der Waals surface area contributed by atoms with Crippen LogP contribution in [-0.4, -0.2) is 40.5 Å². The Kier molecular flexibility index (Phi) is 11.5. The summed E-state index contributed by atoms with van der Waals surface area (Å²) in [6, 6.07) is -0.617. The molecule has 0 aliphatic carbocycles. The maximum absolute atomic E-state index is 13.4. The number of alkyl halides is 2. The van der Waals surface area contributed by atoms with E-state index in [9.17, 15) is 13.6 Å². The van der Waals surface area contributed by atoms with Crippen molar-refractivity contribution in [3.05, 3.63) is 42.0 Å². The van der Waals surface area contributed by atoms with E-state index in [0.29, 0.717) is 17.7 Å². The fraction of sp³-hybridized carbons (Fsp3) is 0.550. The molecule has 0 aromatic carbocycles. The van der Waals surface area contributed by atoms with Crippen LogP contribution in [-0.2, 0) is 17.0 Å². The van der Waals surface area contributed by atoms with Crippen molar-refractivity contribution < 1.29 is 13.6 Å². The Morgan fingerprint density at radius 1 is 1.47 bits per heavy atom. The van der Waals surface area contributed by atoms with Crippen LogP contribution in [0.4, 0.5) is 8.78 Å². The molecule has 0 saturated carbocycles. The fourth-order valence-electron chi connectivity index (χ4n) is 2.56. The quantitative estimate of drug-likeness (QED) is 0.381. The summed E-state index contributed by atoms with van der Waals surface area (Å²) in [5, 5.41) is 9.90. The summed E-state index contributed by atoms with van der Waals surface area (Å²) in [5.74, 6) is -0.277. The van der Waals surface area contributed by atoms with E-state index in [1.165, 1.54) is 26.3 Å². The van der Waals surface area contributed by atoms with E-state index in [2.05, 4.69) is 27.3 Å². The van der Waals surface area contributed by atoms with Crippen molar-refractivity contribution in [2.45, 2.75) is 64.8 Å². The fourth-order valence-corrected chi connectivity index (χ4v) is 2.71. The summed E-state index contributed by atoms with van der Waals surface area (Å²) in [4.78, 5) is 16.7. The van der Waals surface area contributed by atoms with E-state index in [1.54, 1.807) is 34.0 Å². The minimum Gasteiger partial charge on any atom is -0.404 e. The molecule has 1 amide bonds. The van der Waals surface area contributed by atoms with E-state index >= 15 is 0 Å². The summed E-state index contributed by atoms with van der Waals surface area (Å²) in [6.45, 7) is 13.3. The summed E-state index contributed by atoms with van der Waals surface area (Å²) in [5.41, 5.74) is 2.91. The van der Waals surface area contributed by atoms with Gasteiger partial charge in [-0.3, -0.25) is 14.5 Å². The minimum absolute atomic E-state index is 0.210. The Bertz CT molecular complexity index is 753. The molecule has 2 atom stereocenters. The first-order chi connectivity index (χ1) is 13.9. The number of allylic oxidation sites excluding steroid dienone is 1. The number of hydrogen-bond acceptors (Lipinski definition) is 5. The van der Waals surface area contributed by atoms with Crippen LogP contribution in [0.2, 0.25) is 0 Å². The number of nitrogens with one attached hydrogen (secondary N) is 2. The number of nitrogens with zero attached hydrogens (tertiary/aromatic N) is 3. The van der Waals surface area contributed by atoms with Crippen molar-refractivity contribution in [2.75, 3.05) is 7.05 Å². The predicted octanol–water partition coefficient (Wildman–Crippen LogP) is 3.15. The number of carbonyl (C=O) groups is 1. The van der Waals surface area contributed by atoms with E-state index < -0.39 is 17.2 Å². The van der Waals surface area contributed by atoms with Crippen LogP contribution >= 0.6 is 9.24 Å². The van der Waals surface area contributed by atoms with Gasteiger partial charge in [0, 0.05) is 31.6 Å². The summed E-state index contributed by atoms with van der Waals surface area (Å²) >= 11 is 0. The highest BCUT2D eigenvalue weighted by Gasteiger charge is 2.29. The second-order valence-corrected chi connectivity index (χ2v) is 7.96. The van der Waals surface area contributed by atoms with Crippen molar-refractivity contribution in [3.63, 3.8) is 0 Å². The van der Waals surface area contributed by atoms with E-state index in [1.807, 2.05) is 13.8 Å². The lowest BCUT2D eigenvalue weighted by Gasteiger charge is -2.29. The number of aliphatic imine (C=N–C) groups is 1. The maximum atomic E-state index is 13.4. The minimum atomic E-state index is -3.05. The maximum Gasteiger partial charge on any atom is 0.286 e. The van der Waals surface area contributed by atoms with Crippen molar-refractivity contribution >= 4 is 21.4 Å². The Morgan fingerprint density at radius 2 is 2.07 bits per heavy atom. The van der Waals surface area contributed by atoms with Crippen molar-refractivity contribution in [2.24, 2.45) is 10.7 Å². The summed E-state index contributed by atoms with van der Waals surface area (Å²) < 4.78 is 28.1. The zero-order valence-corrected chi connectivity index (χ0v) is 19.8. The molecule has 0 saturated heterocycles. The molecule has 1 rings (SSSR count). The molecule has 0 radical (unpaired) electrons. The molecule has 4 N–H and O–H groups in total. The third kappa shape index (κ3) is 9.96. The Labute approximate surface area is 180 Å². The van der Waals surface area contributed by atoms with E-state index in [4.69, 9.17) is 5.73 Å². The molecule has 1 aromatic rings. The number of halogens is 2. The van der Waals surface area contributed by atoms with Gasteiger partial charge in [-0.1, -0.05) is 29.7 Å². The number of nitrogens with two attached hydrogens (primary N) is 1. The second-order valence-electron chi connectivity index (χ2n) is 7.23. The molecule has 1 heterocycles. The first-order valence-electron chi connectivity index (χ1n) is 9.64. The lowest BCUT2D eigenvalue weighted by Crippen LogP contribution is -2.53. The monoisotopic (exact) mass is 444 g/mol. The second kappa shape index (κ2) is 12.4. The number of carbonyl (C=O) groups excluding carboxylic acids is 1. The molecule has 30 heavy (non-hydrogen) atoms. The first-order valence-corrected chi connectivity index (χ1v) is 10.2. The average Bonchev–Trinajstić information content (AvgIpc) is 3.09. The highest BCUT2D eigenvalue weighted by atomic mass is 31.0. The van der Waals surface area contributed by atoms with Gasteiger partial charge in [-0.05, 0) is 32.5 Å². The van der Waals surface area contributed by atoms with Gasteiger partial charge >= 0.3 is 0 Å². The lowest BCUT2D eigenvalue weighted by atomic mass is 10.0. The molecule has 0 spiro atoms. The molecule has 10 heteroatoms. The predicted molar refractivity (Wildman–Crippen MR) is 122 cm³/mol. The molecule has 0 aliphatic rings. The van der Waals surface area contributed by atoms with Crippen LogP contribution < -0.4 is 16.4 Å². The van der Waals surface area contributed by atoms with Crippen LogP contribution in [0.1, 0.15) is 46.6 Å². The number of amides is 1. The molecule has 0 aliphatic heterocycles. The zero-order valence-electron chi connectivity index (χ0n) is 18.7. The van der Waals surface area contributed by atoms with Crippen LogP contribution in [0.5, 0.6) is 0 Å². The Balaban J connectivity index is 0.00000407. The van der Waals surface area contributed by atoms with Gasteiger partial charge < -0.3 is 16.4 Å². The van der Waals surface area contributed by atoms with Gasteiger partial charge in [0.1, 0.15) is 6.04 Å². The smallest absolute Gasteiger partial charge is 0.286 e. The standard InChI is InChI=1S/C18H29F2N6OP.C2H6/c1-12(2)24-15(6-13(7-21)8-22-5)16(27)25-17(3,4)11-26-10-14(9-23-26)18(19,20)28;1-2/h7-10,15,24H,1,6,11,21,28H2,2-5H3,(H,25,27);1-2H3/b13-7-,22-8?;. The molecule has 0 fully saturated rings. The number of aromatic nitrogens is 2. The Morgan fingerprint density at radius 3 is 2.50 bits per heavy atom. The molecule has 1 aromatic heterocycles. The van der Waals surface area contributed by atoms with Gasteiger partial charge in [-0.2, -0.15) is 13.9 Å². The lowest BCUT2D eigenvalue weighted by molar-refractivity contribution is -0.124. The molecule has 0 bridgehead atoms. The third-order valence-corrected chi connectivity index (χ3v) is 4.06. The van der Waals surface area contributed by atoms with Gasteiger partial charge in [0.2, 0.25) is 5.91 Å². The number of hydrogen-bond donors (Lipinski definition) is 3. The van der Waals surface area contributed by atoms with Crippen molar-refractivity contribution in [3.8, 4) is 0 Å². The first kappa shape index (κ1) is 27.7. The topological polar surface area (TPSA) is 97.3 Å². The van der Waals surface area contributed by atoms with Gasteiger partial charge in [0.15, 0.2) is 0 Å². The van der Waals surface area contributed by atoms with Gasteiger partial charge in [0.05, 0.1) is 23.8 Å². The zero-order chi connectivity index (χ0) is 23.5. The van der Waals surface area contributed by atoms with Crippen LogP contribution in [0.15, 0.2) is 41.4 Å². The molecular formula is C20H35F2N6OP. The highest BCUT2D eigenvalue weighted by molar-refractivity contribution is 7.17. The SMILES string of the molecule is C=C(C)NC(C/C(C=NC)=C/N)C(=O)NC(C)(C)Cn1cc(C(F)(F)P)cn1.CC. The van der Waals surface area contributed by atoms with Crippen LogP contribution in [0.3, 0.4) is 0 Å². The third-order valence-electron chi connectivity index (χ3n) is 3.72. The van der Waals surface area contributed by atoms with Crippen molar-refractivity contribution in [1.29, 1.82) is 0 Å². The van der Waals surface area contributed by atoms with Crippen LogP contribution in [0.25, 0.3) is 0 Å². The molecule has 170 valence electrons. The molecular weight excluding hydrogens is 409 g/mol. The summed E-state index contributed by atoms with van der Waals surface area (Å²) in [7, 11) is 3.09. The highest BCUT2D eigenvalue weighted by Crippen LogP contribution is 2.34. The van der Waals surface area contributed by atoms with Crippen LogP contribution in [0, 0.1) is 0 Å². The normalized spacial score (nSPS) is 13.4. The van der Waals surface area contributed by atoms with Crippen molar-refractivity contribution in [1.82, 2.24) is 20.4 Å². The Hall–Kier alpha value is -2.28. The van der Waals surface area contributed by atoms with E-state index in [0.717, 1.165) is 6.20 Å².